The molecule has 1 aliphatic rings. The minimum Gasteiger partial charge on any atom is -0.492 e. The van der Waals surface area contributed by atoms with E-state index in [9.17, 15) is 9.90 Å². The zero-order valence-corrected chi connectivity index (χ0v) is 19.0. The number of para-hydroxylation sites is 2. The highest BCUT2D eigenvalue weighted by Crippen LogP contribution is 2.26. The number of rotatable bonds is 13. The number of aliphatic hydroxyl groups is 1. The second-order valence-corrected chi connectivity index (χ2v) is 8.02. The molecule has 1 fully saturated rings. The van der Waals surface area contributed by atoms with E-state index in [1.165, 1.54) is 0 Å². The molecule has 0 saturated carbocycles. The highest BCUT2D eigenvalue weighted by Gasteiger charge is 2.19. The Bertz CT molecular complexity index is 842. The lowest BCUT2D eigenvalue weighted by molar-refractivity contribution is -0.128. The third-order valence-corrected chi connectivity index (χ3v) is 5.28. The smallest absolute Gasteiger partial charge is 0.222 e. The maximum Gasteiger partial charge on any atom is 0.222 e. The summed E-state index contributed by atoms with van der Waals surface area (Å²) >= 11 is 0. The van der Waals surface area contributed by atoms with Gasteiger partial charge < -0.3 is 24.2 Å². The SMILES string of the molecule is CCOc1ccccc1OC[C@@H](O)CN(C)Cc1ccc(OCCN2CCCC2=O)cc1. The molecular weight excluding hydrogens is 408 g/mol. The van der Waals surface area contributed by atoms with Gasteiger partial charge in [0, 0.05) is 26.1 Å². The van der Waals surface area contributed by atoms with E-state index in [0.29, 0.717) is 50.8 Å². The molecule has 1 atom stereocenters. The number of likely N-dealkylation sites (tertiary alicyclic amines) is 1. The lowest BCUT2D eigenvalue weighted by atomic mass is 10.2. The highest BCUT2D eigenvalue weighted by atomic mass is 16.5. The minimum atomic E-state index is -0.620. The zero-order chi connectivity index (χ0) is 22.8. The average molecular weight is 443 g/mol. The van der Waals surface area contributed by atoms with Crippen LogP contribution in [0.4, 0.5) is 0 Å². The number of amides is 1. The van der Waals surface area contributed by atoms with Gasteiger partial charge in [0.2, 0.25) is 5.91 Å². The van der Waals surface area contributed by atoms with E-state index in [4.69, 9.17) is 14.2 Å². The van der Waals surface area contributed by atoms with Gasteiger partial charge in [-0.05, 0) is 50.2 Å². The monoisotopic (exact) mass is 442 g/mol. The number of ether oxygens (including phenoxy) is 3. The summed E-state index contributed by atoms with van der Waals surface area (Å²) in [4.78, 5) is 15.5. The first-order chi connectivity index (χ1) is 15.5. The topological polar surface area (TPSA) is 71.5 Å². The van der Waals surface area contributed by atoms with Crippen LogP contribution in [-0.2, 0) is 11.3 Å². The van der Waals surface area contributed by atoms with Crippen molar-refractivity contribution in [3.05, 3.63) is 54.1 Å². The van der Waals surface area contributed by atoms with Crippen LogP contribution < -0.4 is 14.2 Å². The van der Waals surface area contributed by atoms with Crippen LogP contribution in [0.2, 0.25) is 0 Å². The molecule has 0 aromatic heterocycles. The summed E-state index contributed by atoms with van der Waals surface area (Å²) in [6.45, 7) is 5.85. The number of carbonyl (C=O) groups is 1. The molecule has 7 heteroatoms. The van der Waals surface area contributed by atoms with E-state index in [-0.39, 0.29) is 12.5 Å². The molecule has 3 rings (SSSR count). The molecule has 1 amide bonds. The van der Waals surface area contributed by atoms with Gasteiger partial charge >= 0.3 is 0 Å². The highest BCUT2D eigenvalue weighted by molar-refractivity contribution is 5.78. The molecule has 0 spiro atoms. The zero-order valence-electron chi connectivity index (χ0n) is 19.0. The molecule has 0 unspecified atom stereocenters. The summed E-state index contributed by atoms with van der Waals surface area (Å²) in [5.41, 5.74) is 1.13. The lowest BCUT2D eigenvalue weighted by Gasteiger charge is -2.21. The van der Waals surface area contributed by atoms with Crippen LogP contribution in [0.3, 0.4) is 0 Å². The van der Waals surface area contributed by atoms with Crippen molar-refractivity contribution in [2.75, 3.05) is 46.5 Å². The Labute approximate surface area is 190 Å². The fraction of sp³-hybridized carbons (Fsp3) is 0.480. The van der Waals surface area contributed by atoms with Gasteiger partial charge in [-0.3, -0.25) is 9.69 Å². The fourth-order valence-electron chi connectivity index (χ4n) is 3.72. The molecule has 1 aliphatic heterocycles. The van der Waals surface area contributed by atoms with Crippen LogP contribution in [0.5, 0.6) is 17.2 Å². The van der Waals surface area contributed by atoms with Crippen LogP contribution in [0.25, 0.3) is 0 Å². The third-order valence-electron chi connectivity index (χ3n) is 5.28. The number of benzene rings is 2. The Hall–Kier alpha value is -2.77. The lowest BCUT2D eigenvalue weighted by Crippen LogP contribution is -2.32. The molecule has 1 N–H and O–H groups in total. The number of aliphatic hydroxyl groups excluding tert-OH is 1. The van der Waals surface area contributed by atoms with E-state index in [1.54, 1.807) is 0 Å². The van der Waals surface area contributed by atoms with Crippen molar-refractivity contribution in [3.63, 3.8) is 0 Å². The first-order valence-electron chi connectivity index (χ1n) is 11.3. The summed E-state index contributed by atoms with van der Waals surface area (Å²) < 4.78 is 17.1. The van der Waals surface area contributed by atoms with Gasteiger partial charge in [-0.15, -0.1) is 0 Å². The Balaban J connectivity index is 1.37. The number of carbonyl (C=O) groups excluding carboxylic acids is 1. The molecule has 0 radical (unpaired) electrons. The maximum atomic E-state index is 11.6. The van der Waals surface area contributed by atoms with Crippen LogP contribution in [-0.4, -0.2) is 73.4 Å². The molecule has 7 nitrogen and oxygen atoms in total. The van der Waals surface area contributed by atoms with Crippen molar-refractivity contribution in [1.82, 2.24) is 9.80 Å². The van der Waals surface area contributed by atoms with Gasteiger partial charge in [0.25, 0.3) is 0 Å². The number of hydrogen-bond donors (Lipinski definition) is 1. The molecule has 174 valence electrons. The van der Waals surface area contributed by atoms with Crippen molar-refractivity contribution in [3.8, 4) is 17.2 Å². The van der Waals surface area contributed by atoms with Gasteiger partial charge in [0.15, 0.2) is 11.5 Å². The molecular formula is C25H34N2O5. The van der Waals surface area contributed by atoms with Gasteiger partial charge in [-0.2, -0.15) is 0 Å². The van der Waals surface area contributed by atoms with Crippen molar-refractivity contribution in [2.45, 2.75) is 32.4 Å². The van der Waals surface area contributed by atoms with Gasteiger partial charge in [-0.1, -0.05) is 24.3 Å². The van der Waals surface area contributed by atoms with Gasteiger partial charge in [0.1, 0.15) is 25.1 Å². The van der Waals surface area contributed by atoms with Crippen molar-refractivity contribution in [1.29, 1.82) is 0 Å². The average Bonchev–Trinajstić information content (AvgIpc) is 3.19. The third kappa shape index (κ3) is 7.43. The molecule has 1 heterocycles. The molecule has 32 heavy (non-hydrogen) atoms. The van der Waals surface area contributed by atoms with E-state index in [2.05, 4.69) is 4.90 Å². The normalized spacial score (nSPS) is 14.6. The molecule has 2 aromatic carbocycles. The Morgan fingerprint density at radius 3 is 2.44 bits per heavy atom. The summed E-state index contributed by atoms with van der Waals surface area (Å²) in [6.07, 6.45) is 0.983. The van der Waals surface area contributed by atoms with E-state index < -0.39 is 6.10 Å². The standard InChI is InChI=1S/C25H34N2O5/c1-3-30-23-7-4-5-8-24(23)32-19-21(28)18-26(2)17-20-10-12-22(13-11-20)31-16-15-27-14-6-9-25(27)29/h4-5,7-8,10-13,21,28H,3,6,9,14-19H2,1-2H3/t21-/m0/s1. The second-order valence-electron chi connectivity index (χ2n) is 8.02. The second kappa shape index (κ2) is 12.3. The van der Waals surface area contributed by atoms with Crippen LogP contribution in [0.15, 0.2) is 48.5 Å². The maximum absolute atomic E-state index is 11.6. The molecule has 2 aromatic rings. The van der Waals surface area contributed by atoms with Gasteiger partial charge in [-0.25, -0.2) is 0 Å². The predicted molar refractivity (Wildman–Crippen MR) is 123 cm³/mol. The van der Waals surface area contributed by atoms with E-state index in [1.807, 2.05) is 67.4 Å². The largest absolute Gasteiger partial charge is 0.492 e. The Morgan fingerprint density at radius 1 is 1.06 bits per heavy atom. The minimum absolute atomic E-state index is 0.195. The van der Waals surface area contributed by atoms with Crippen molar-refractivity contribution in [2.24, 2.45) is 0 Å². The van der Waals surface area contributed by atoms with Crippen LogP contribution in [0, 0.1) is 0 Å². The fourth-order valence-corrected chi connectivity index (χ4v) is 3.72. The van der Waals surface area contributed by atoms with Crippen LogP contribution >= 0.6 is 0 Å². The summed E-state index contributed by atoms with van der Waals surface area (Å²) in [6, 6.07) is 15.4. The molecule has 0 bridgehead atoms. The quantitative estimate of drug-likeness (QED) is 0.514. The Kier molecular flexibility index (Phi) is 9.19. The molecule has 0 aliphatic carbocycles. The number of likely N-dealkylation sites (N-methyl/N-ethyl adjacent to an activating group) is 1. The van der Waals surface area contributed by atoms with Crippen molar-refractivity contribution >= 4 is 5.91 Å². The number of nitrogens with zero attached hydrogens (tertiary/aromatic N) is 2. The van der Waals surface area contributed by atoms with Gasteiger partial charge in [0.05, 0.1) is 13.2 Å². The van der Waals surface area contributed by atoms with E-state index in [0.717, 1.165) is 24.3 Å². The summed E-state index contributed by atoms with van der Waals surface area (Å²) in [7, 11) is 1.97. The number of hydrogen-bond acceptors (Lipinski definition) is 6. The van der Waals surface area contributed by atoms with E-state index >= 15 is 0 Å². The van der Waals surface area contributed by atoms with Crippen LogP contribution in [0.1, 0.15) is 25.3 Å². The summed E-state index contributed by atoms with van der Waals surface area (Å²) in [5.74, 6) is 2.34. The van der Waals surface area contributed by atoms with Crippen molar-refractivity contribution < 1.29 is 24.1 Å². The predicted octanol–water partition coefficient (Wildman–Crippen LogP) is 2.96. The first kappa shape index (κ1) is 23.9. The molecule has 1 saturated heterocycles. The Morgan fingerprint density at radius 2 is 1.78 bits per heavy atom. The first-order valence-corrected chi connectivity index (χ1v) is 11.3. The summed E-state index contributed by atoms with van der Waals surface area (Å²) in [5, 5.41) is 10.4.